The number of aliphatic carboxylic acids is 1. The molecule has 1 aromatic rings. The third kappa shape index (κ3) is 2.17. The van der Waals surface area contributed by atoms with Crippen molar-refractivity contribution in [1.82, 2.24) is 4.90 Å². The standard InChI is InChI=1S/C15H17BrFNO2/c16-12-5-1-3-10(13(12)17)7-18-8-11-4-2-6-15(11,9-18)14(19)20/h1,3,5,11H,2,4,6-9H2,(H,19,20)/t11-,15+/m0/s1. The zero-order valence-electron chi connectivity index (χ0n) is 11.1. The SMILES string of the molecule is O=C(O)[C@@]12CCC[C@H]1CN(Cc1cccc(Br)c1F)C2. The van der Waals surface area contributed by atoms with Gasteiger partial charge in [0.2, 0.25) is 0 Å². The molecule has 0 spiro atoms. The number of likely N-dealkylation sites (tertiary alicyclic amines) is 1. The highest BCUT2D eigenvalue weighted by molar-refractivity contribution is 9.10. The van der Waals surface area contributed by atoms with Crippen molar-refractivity contribution in [2.45, 2.75) is 25.8 Å². The molecule has 0 aromatic heterocycles. The zero-order valence-corrected chi connectivity index (χ0v) is 12.7. The van der Waals surface area contributed by atoms with Crippen LogP contribution in [0.2, 0.25) is 0 Å². The third-order valence-electron chi connectivity index (χ3n) is 4.79. The number of carboxylic acid groups (broad SMARTS) is 1. The molecule has 20 heavy (non-hydrogen) atoms. The van der Waals surface area contributed by atoms with E-state index in [9.17, 15) is 14.3 Å². The molecular weight excluding hydrogens is 325 g/mol. The Labute approximate surface area is 125 Å². The maximum absolute atomic E-state index is 14.0. The maximum atomic E-state index is 14.0. The highest BCUT2D eigenvalue weighted by Gasteiger charge is 2.54. The molecule has 1 saturated carbocycles. The summed E-state index contributed by atoms with van der Waals surface area (Å²) in [4.78, 5) is 13.7. The lowest BCUT2D eigenvalue weighted by molar-refractivity contribution is -0.149. The quantitative estimate of drug-likeness (QED) is 0.917. The Morgan fingerprint density at radius 1 is 1.55 bits per heavy atom. The molecule has 1 N–H and O–H groups in total. The van der Waals surface area contributed by atoms with E-state index >= 15 is 0 Å². The summed E-state index contributed by atoms with van der Waals surface area (Å²) in [5, 5.41) is 9.55. The first-order valence-electron chi connectivity index (χ1n) is 6.91. The summed E-state index contributed by atoms with van der Waals surface area (Å²) >= 11 is 3.19. The van der Waals surface area contributed by atoms with E-state index in [0.29, 0.717) is 23.1 Å². The molecule has 2 aliphatic rings. The fraction of sp³-hybridized carbons (Fsp3) is 0.533. The maximum Gasteiger partial charge on any atom is 0.311 e. The van der Waals surface area contributed by atoms with Crippen molar-refractivity contribution in [3.05, 3.63) is 34.1 Å². The van der Waals surface area contributed by atoms with Crippen LogP contribution in [-0.4, -0.2) is 29.1 Å². The number of nitrogens with zero attached hydrogens (tertiary/aromatic N) is 1. The van der Waals surface area contributed by atoms with Crippen LogP contribution in [0.15, 0.2) is 22.7 Å². The van der Waals surface area contributed by atoms with Gasteiger partial charge < -0.3 is 5.11 Å². The van der Waals surface area contributed by atoms with Gasteiger partial charge in [-0.2, -0.15) is 0 Å². The van der Waals surface area contributed by atoms with Crippen LogP contribution in [0, 0.1) is 17.2 Å². The molecule has 1 saturated heterocycles. The first kappa shape index (κ1) is 14.0. The van der Waals surface area contributed by atoms with Gasteiger partial charge in [-0.15, -0.1) is 0 Å². The summed E-state index contributed by atoms with van der Waals surface area (Å²) in [6, 6.07) is 5.25. The average molecular weight is 342 g/mol. The highest BCUT2D eigenvalue weighted by Crippen LogP contribution is 2.49. The molecule has 108 valence electrons. The number of hydrogen-bond acceptors (Lipinski definition) is 2. The van der Waals surface area contributed by atoms with Crippen molar-refractivity contribution in [1.29, 1.82) is 0 Å². The normalized spacial score (nSPS) is 29.6. The van der Waals surface area contributed by atoms with Gasteiger partial charge in [-0.05, 0) is 40.8 Å². The van der Waals surface area contributed by atoms with Crippen molar-refractivity contribution in [3.8, 4) is 0 Å². The lowest BCUT2D eigenvalue weighted by Crippen LogP contribution is -2.35. The van der Waals surface area contributed by atoms with Gasteiger partial charge in [0.15, 0.2) is 0 Å². The van der Waals surface area contributed by atoms with Crippen LogP contribution >= 0.6 is 15.9 Å². The van der Waals surface area contributed by atoms with Crippen LogP contribution < -0.4 is 0 Å². The molecule has 1 aliphatic carbocycles. The Morgan fingerprint density at radius 3 is 3.05 bits per heavy atom. The van der Waals surface area contributed by atoms with E-state index in [-0.39, 0.29) is 11.7 Å². The number of halogens is 2. The van der Waals surface area contributed by atoms with Crippen LogP contribution in [0.5, 0.6) is 0 Å². The van der Waals surface area contributed by atoms with Crippen molar-refractivity contribution in [2.75, 3.05) is 13.1 Å². The van der Waals surface area contributed by atoms with E-state index < -0.39 is 11.4 Å². The molecule has 1 heterocycles. The largest absolute Gasteiger partial charge is 0.481 e. The van der Waals surface area contributed by atoms with Gasteiger partial charge in [0.25, 0.3) is 0 Å². The van der Waals surface area contributed by atoms with Crippen molar-refractivity contribution in [3.63, 3.8) is 0 Å². The lowest BCUT2D eigenvalue weighted by atomic mass is 9.81. The Balaban J connectivity index is 1.78. The number of benzene rings is 1. The van der Waals surface area contributed by atoms with Gasteiger partial charge in [-0.25, -0.2) is 4.39 Å². The van der Waals surface area contributed by atoms with Crippen LogP contribution in [-0.2, 0) is 11.3 Å². The molecule has 3 rings (SSSR count). The second-order valence-corrected chi connectivity index (χ2v) is 6.79. The number of rotatable bonds is 3. The molecule has 1 aliphatic heterocycles. The van der Waals surface area contributed by atoms with Gasteiger partial charge in [0.05, 0.1) is 9.89 Å². The first-order chi connectivity index (χ1) is 9.53. The van der Waals surface area contributed by atoms with E-state index in [1.54, 1.807) is 12.1 Å². The fourth-order valence-corrected chi connectivity index (χ4v) is 4.18. The average Bonchev–Trinajstić information content (AvgIpc) is 2.92. The Morgan fingerprint density at radius 2 is 2.35 bits per heavy atom. The fourth-order valence-electron chi connectivity index (χ4n) is 3.77. The van der Waals surface area contributed by atoms with Gasteiger partial charge >= 0.3 is 5.97 Å². The van der Waals surface area contributed by atoms with Crippen molar-refractivity contribution >= 4 is 21.9 Å². The van der Waals surface area contributed by atoms with E-state index in [2.05, 4.69) is 20.8 Å². The molecule has 1 aromatic carbocycles. The minimum absolute atomic E-state index is 0.218. The van der Waals surface area contributed by atoms with Gasteiger partial charge in [-0.1, -0.05) is 18.6 Å². The summed E-state index contributed by atoms with van der Waals surface area (Å²) in [7, 11) is 0. The van der Waals surface area contributed by atoms with Gasteiger partial charge in [0.1, 0.15) is 5.82 Å². The molecule has 2 fully saturated rings. The summed E-state index contributed by atoms with van der Waals surface area (Å²) in [6.07, 6.45) is 2.73. The lowest BCUT2D eigenvalue weighted by Gasteiger charge is -2.23. The van der Waals surface area contributed by atoms with Crippen molar-refractivity contribution in [2.24, 2.45) is 11.3 Å². The Kier molecular flexibility index (Phi) is 3.58. The van der Waals surface area contributed by atoms with Crippen molar-refractivity contribution < 1.29 is 14.3 Å². The van der Waals surface area contributed by atoms with Crippen LogP contribution in [0.1, 0.15) is 24.8 Å². The molecule has 3 nitrogen and oxygen atoms in total. The minimum Gasteiger partial charge on any atom is -0.481 e. The van der Waals surface area contributed by atoms with E-state index in [1.807, 2.05) is 6.07 Å². The molecule has 0 amide bonds. The molecular formula is C15H17BrFNO2. The topological polar surface area (TPSA) is 40.5 Å². The third-order valence-corrected chi connectivity index (χ3v) is 5.41. The van der Waals surface area contributed by atoms with Gasteiger partial charge in [-0.3, -0.25) is 9.69 Å². The van der Waals surface area contributed by atoms with E-state index in [0.717, 1.165) is 25.8 Å². The molecule has 0 unspecified atom stereocenters. The van der Waals surface area contributed by atoms with E-state index in [4.69, 9.17) is 0 Å². The van der Waals surface area contributed by atoms with Crippen LogP contribution in [0.25, 0.3) is 0 Å². The number of carboxylic acids is 1. The molecule has 0 bridgehead atoms. The number of fused-ring (bicyclic) bond motifs is 1. The van der Waals surface area contributed by atoms with Crippen LogP contribution in [0.3, 0.4) is 0 Å². The summed E-state index contributed by atoms with van der Waals surface area (Å²) in [6.45, 7) is 1.79. The highest BCUT2D eigenvalue weighted by atomic mass is 79.9. The smallest absolute Gasteiger partial charge is 0.311 e. The molecule has 0 radical (unpaired) electrons. The Bertz CT molecular complexity index is 551. The second-order valence-electron chi connectivity index (χ2n) is 5.93. The predicted molar refractivity (Wildman–Crippen MR) is 76.8 cm³/mol. The monoisotopic (exact) mass is 341 g/mol. The van der Waals surface area contributed by atoms with E-state index in [1.165, 1.54) is 0 Å². The summed E-state index contributed by atoms with van der Waals surface area (Å²) in [5.41, 5.74) is 0.0301. The minimum atomic E-state index is -0.683. The van der Waals surface area contributed by atoms with Gasteiger partial charge in [0, 0.05) is 25.2 Å². The number of carbonyl (C=O) groups is 1. The molecule has 5 heteroatoms. The predicted octanol–water partition coefficient (Wildman–Crippen LogP) is 3.27. The molecule has 2 atom stereocenters. The zero-order chi connectivity index (χ0) is 14.3. The number of hydrogen-bond donors (Lipinski definition) is 1. The second kappa shape index (κ2) is 5.11. The summed E-state index contributed by atoms with van der Waals surface area (Å²) < 4.78 is 14.5. The Hall–Kier alpha value is -0.940. The summed E-state index contributed by atoms with van der Waals surface area (Å²) in [5.74, 6) is -0.707. The first-order valence-corrected chi connectivity index (χ1v) is 7.71. The van der Waals surface area contributed by atoms with Crippen LogP contribution in [0.4, 0.5) is 4.39 Å².